The van der Waals surface area contributed by atoms with E-state index in [2.05, 4.69) is 16.0 Å². The minimum absolute atomic E-state index is 0.113. The normalized spacial score (nSPS) is 23.5. The molecule has 0 aliphatic carbocycles. The van der Waals surface area contributed by atoms with Crippen molar-refractivity contribution in [2.45, 2.75) is 56.3 Å². The maximum absolute atomic E-state index is 13.9. The third-order valence-electron chi connectivity index (χ3n) is 7.67. The molecule has 212 valence electrons. The topological polar surface area (TPSA) is 108 Å². The zero-order valence-electron chi connectivity index (χ0n) is 22.6. The fraction of sp³-hybridized carbons (Fsp3) is 0.312. The van der Waals surface area contributed by atoms with Gasteiger partial charge in [-0.3, -0.25) is 19.2 Å². The molecule has 41 heavy (non-hydrogen) atoms. The second-order valence-electron chi connectivity index (χ2n) is 10.5. The van der Waals surface area contributed by atoms with Gasteiger partial charge in [-0.15, -0.1) is 0 Å². The van der Waals surface area contributed by atoms with Gasteiger partial charge in [0, 0.05) is 30.8 Å². The SMILES string of the molecule is O=C1N[C@H](Cc2ccccc2Cl)C(=O)N[C@@H](Cc2ccccc2)C(=O)N2CCC[C@@H]2C(=O)N[C@H]1Cc1ccccc1. The highest BCUT2D eigenvalue weighted by Crippen LogP contribution is 2.22. The maximum Gasteiger partial charge on any atom is 0.246 e. The Hall–Kier alpha value is -4.17. The lowest BCUT2D eigenvalue weighted by molar-refractivity contribution is -0.143. The standard InChI is InChI=1S/C32H33ClN4O4/c33-24-15-8-7-14-23(24)20-26-30(39)36-27(19-22-12-5-2-6-13-22)32(41)37-17-9-16-28(37)31(40)35-25(29(38)34-26)18-21-10-3-1-4-11-21/h1-8,10-15,25-28H,9,16-20H2,(H,34,38)(H,35,40)(H,36,39)/t25-,26+,27-,28+/m0/s1. The molecule has 3 N–H and O–H groups in total. The van der Waals surface area contributed by atoms with E-state index >= 15 is 0 Å². The Bertz CT molecular complexity index is 1400. The Labute approximate surface area is 244 Å². The Kier molecular flexibility index (Phi) is 8.99. The van der Waals surface area contributed by atoms with Crippen molar-refractivity contribution in [2.24, 2.45) is 0 Å². The van der Waals surface area contributed by atoms with E-state index in [0.29, 0.717) is 30.0 Å². The van der Waals surface area contributed by atoms with Crippen LogP contribution in [0.1, 0.15) is 29.5 Å². The minimum Gasteiger partial charge on any atom is -0.342 e. The van der Waals surface area contributed by atoms with Gasteiger partial charge in [0.1, 0.15) is 24.2 Å². The highest BCUT2D eigenvalue weighted by atomic mass is 35.5. The molecule has 5 rings (SSSR count). The molecule has 3 aromatic rings. The molecule has 4 atom stereocenters. The number of fused-ring (bicyclic) bond motifs is 1. The number of amides is 4. The summed E-state index contributed by atoms with van der Waals surface area (Å²) in [4.78, 5) is 56.6. The number of hydrogen-bond acceptors (Lipinski definition) is 4. The number of nitrogens with one attached hydrogen (secondary N) is 3. The second-order valence-corrected chi connectivity index (χ2v) is 11.0. The smallest absolute Gasteiger partial charge is 0.246 e. The Morgan fingerprint density at radius 3 is 1.78 bits per heavy atom. The van der Waals surface area contributed by atoms with E-state index < -0.39 is 36.0 Å². The van der Waals surface area contributed by atoms with Crippen molar-refractivity contribution < 1.29 is 19.2 Å². The van der Waals surface area contributed by atoms with Gasteiger partial charge in [0.2, 0.25) is 23.6 Å². The van der Waals surface area contributed by atoms with Crippen molar-refractivity contribution in [3.8, 4) is 0 Å². The monoisotopic (exact) mass is 572 g/mol. The van der Waals surface area contributed by atoms with Gasteiger partial charge in [-0.25, -0.2) is 0 Å². The van der Waals surface area contributed by atoms with E-state index in [1.54, 1.807) is 23.1 Å². The lowest BCUT2D eigenvalue weighted by Gasteiger charge is -2.32. The van der Waals surface area contributed by atoms with E-state index in [9.17, 15) is 19.2 Å². The van der Waals surface area contributed by atoms with Gasteiger partial charge < -0.3 is 20.9 Å². The first-order chi connectivity index (χ1) is 19.9. The second kappa shape index (κ2) is 13.0. The summed E-state index contributed by atoms with van der Waals surface area (Å²) in [6.45, 7) is 0.399. The average molecular weight is 573 g/mol. The van der Waals surface area contributed by atoms with E-state index in [1.165, 1.54) is 0 Å². The summed E-state index contributed by atoms with van der Waals surface area (Å²) < 4.78 is 0. The number of hydrogen-bond donors (Lipinski definition) is 3. The third kappa shape index (κ3) is 6.95. The van der Waals surface area contributed by atoms with Gasteiger partial charge in [0.15, 0.2) is 0 Å². The minimum atomic E-state index is -1.03. The number of benzene rings is 3. The van der Waals surface area contributed by atoms with Crippen LogP contribution >= 0.6 is 11.6 Å². The average Bonchev–Trinajstić information content (AvgIpc) is 3.48. The van der Waals surface area contributed by atoms with Crippen molar-refractivity contribution >= 4 is 35.2 Å². The van der Waals surface area contributed by atoms with Crippen molar-refractivity contribution in [3.63, 3.8) is 0 Å². The largest absolute Gasteiger partial charge is 0.342 e. The van der Waals surface area contributed by atoms with Gasteiger partial charge in [-0.05, 0) is 35.6 Å². The Balaban J connectivity index is 1.50. The Morgan fingerprint density at radius 1 is 0.634 bits per heavy atom. The summed E-state index contributed by atoms with van der Waals surface area (Å²) in [6, 6.07) is 22.3. The van der Waals surface area contributed by atoms with Crippen LogP contribution in [0, 0.1) is 0 Å². The number of nitrogens with zero attached hydrogens (tertiary/aromatic N) is 1. The fourth-order valence-electron chi connectivity index (χ4n) is 5.52. The van der Waals surface area contributed by atoms with Crippen LogP contribution in [0.15, 0.2) is 84.9 Å². The zero-order chi connectivity index (χ0) is 28.8. The van der Waals surface area contributed by atoms with Crippen LogP contribution in [0.3, 0.4) is 0 Å². The molecule has 0 spiro atoms. The van der Waals surface area contributed by atoms with Crippen LogP contribution in [-0.2, 0) is 38.4 Å². The molecule has 8 nitrogen and oxygen atoms in total. The number of carbonyl (C=O) groups excluding carboxylic acids is 4. The van der Waals surface area contributed by atoms with Crippen LogP contribution in [-0.4, -0.2) is 59.2 Å². The predicted octanol–water partition coefficient (Wildman–Crippen LogP) is 2.83. The van der Waals surface area contributed by atoms with Gasteiger partial charge in [-0.1, -0.05) is 90.5 Å². The highest BCUT2D eigenvalue weighted by molar-refractivity contribution is 6.31. The van der Waals surface area contributed by atoms with Gasteiger partial charge in [0.25, 0.3) is 0 Å². The van der Waals surface area contributed by atoms with Gasteiger partial charge in [-0.2, -0.15) is 0 Å². The molecule has 0 aromatic heterocycles. The maximum atomic E-state index is 13.9. The van der Waals surface area contributed by atoms with Crippen molar-refractivity contribution in [3.05, 3.63) is 107 Å². The van der Waals surface area contributed by atoms with E-state index in [1.807, 2.05) is 66.7 Å². The first-order valence-corrected chi connectivity index (χ1v) is 14.3. The lowest BCUT2D eigenvalue weighted by Crippen LogP contribution is -2.62. The molecule has 0 unspecified atom stereocenters. The number of carbonyl (C=O) groups is 4. The summed E-state index contributed by atoms with van der Waals surface area (Å²) in [5.74, 6) is -1.66. The molecule has 2 aliphatic rings. The first kappa shape index (κ1) is 28.4. The molecule has 0 bridgehead atoms. The van der Waals surface area contributed by atoms with Crippen LogP contribution in [0.2, 0.25) is 5.02 Å². The van der Waals surface area contributed by atoms with Crippen molar-refractivity contribution in [1.29, 1.82) is 0 Å². The predicted molar refractivity (Wildman–Crippen MR) is 156 cm³/mol. The Morgan fingerprint density at radius 2 is 1.15 bits per heavy atom. The molecule has 0 saturated carbocycles. The van der Waals surface area contributed by atoms with Crippen molar-refractivity contribution in [1.82, 2.24) is 20.9 Å². The highest BCUT2D eigenvalue weighted by Gasteiger charge is 2.40. The lowest BCUT2D eigenvalue weighted by atomic mass is 9.99. The molecule has 2 saturated heterocycles. The van der Waals surface area contributed by atoms with Crippen LogP contribution in [0.4, 0.5) is 0 Å². The molecule has 2 heterocycles. The van der Waals surface area contributed by atoms with E-state index in [0.717, 1.165) is 11.1 Å². The quantitative estimate of drug-likeness (QED) is 0.422. The van der Waals surface area contributed by atoms with E-state index in [-0.39, 0.29) is 31.1 Å². The zero-order valence-corrected chi connectivity index (χ0v) is 23.3. The molecule has 4 amide bonds. The van der Waals surface area contributed by atoms with Gasteiger partial charge >= 0.3 is 0 Å². The summed E-state index contributed by atoms with van der Waals surface area (Å²) in [5, 5.41) is 9.14. The number of halogens is 1. The van der Waals surface area contributed by atoms with E-state index in [4.69, 9.17) is 11.6 Å². The molecular weight excluding hydrogens is 540 g/mol. The van der Waals surface area contributed by atoms with Crippen LogP contribution in [0.25, 0.3) is 0 Å². The third-order valence-corrected chi connectivity index (χ3v) is 8.03. The first-order valence-electron chi connectivity index (χ1n) is 13.9. The molecule has 2 aliphatic heterocycles. The summed E-state index contributed by atoms with van der Waals surface area (Å²) in [5.41, 5.74) is 2.40. The molecule has 3 aromatic carbocycles. The number of rotatable bonds is 6. The fourth-order valence-corrected chi connectivity index (χ4v) is 5.73. The van der Waals surface area contributed by atoms with Crippen molar-refractivity contribution in [2.75, 3.05) is 6.54 Å². The molecular formula is C32H33ClN4O4. The van der Waals surface area contributed by atoms with Crippen LogP contribution < -0.4 is 16.0 Å². The molecule has 0 radical (unpaired) electrons. The summed E-state index contributed by atoms with van der Waals surface area (Å²) in [6.07, 6.45) is 1.73. The van der Waals surface area contributed by atoms with Gasteiger partial charge in [0.05, 0.1) is 0 Å². The molecule has 2 fully saturated rings. The summed E-state index contributed by atoms with van der Waals surface area (Å²) >= 11 is 6.42. The molecule has 9 heteroatoms. The summed E-state index contributed by atoms with van der Waals surface area (Å²) in [7, 11) is 0. The van der Waals surface area contributed by atoms with Crippen LogP contribution in [0.5, 0.6) is 0 Å².